The maximum atomic E-state index is 14.0. The van der Waals surface area contributed by atoms with Gasteiger partial charge in [0.25, 0.3) is 5.56 Å². The van der Waals surface area contributed by atoms with Crippen molar-refractivity contribution in [3.05, 3.63) is 96.8 Å². The van der Waals surface area contributed by atoms with Gasteiger partial charge in [0, 0.05) is 29.7 Å². The van der Waals surface area contributed by atoms with Crippen LogP contribution in [0.1, 0.15) is 43.9 Å². The summed E-state index contributed by atoms with van der Waals surface area (Å²) in [5, 5.41) is 1.07. The third kappa shape index (κ3) is 4.42. The van der Waals surface area contributed by atoms with Crippen LogP contribution in [-0.2, 0) is 16.6 Å². The Labute approximate surface area is 218 Å². The molecule has 0 radical (unpaired) electrons. The van der Waals surface area contributed by atoms with Gasteiger partial charge in [0.1, 0.15) is 5.75 Å². The van der Waals surface area contributed by atoms with Crippen molar-refractivity contribution in [2.45, 2.75) is 32.7 Å². The molecule has 3 heterocycles. The van der Waals surface area contributed by atoms with Crippen molar-refractivity contribution in [3.63, 3.8) is 0 Å². The summed E-state index contributed by atoms with van der Waals surface area (Å²) >= 11 is 1.34. The number of hydrogen-bond donors (Lipinski definition) is 0. The van der Waals surface area contributed by atoms with Crippen LogP contribution in [-0.4, -0.2) is 28.8 Å². The predicted octanol–water partition coefficient (Wildman–Crippen LogP) is 4.08. The molecule has 1 atom stereocenters. The fraction of sp³-hybridized carbons (Fsp3) is 0.276. The van der Waals surface area contributed by atoms with Gasteiger partial charge < -0.3 is 14.0 Å². The van der Waals surface area contributed by atoms with Crippen molar-refractivity contribution in [1.29, 1.82) is 0 Å². The second-order valence-electron chi connectivity index (χ2n) is 8.90. The standard InChI is InChI=1S/C29H29N3O4S/c1-5-10-22-25(28(34)36-6-2)26(18-11-9-12-20(15-18)35-4)32-27(33)24(37-29(32)30-22)16-19-17-31(3)23-14-8-7-13-21(19)23/h7-9,11-17,26H,5-6,10H2,1-4H3/b24-16+. The van der Waals surface area contributed by atoms with Gasteiger partial charge in [0.15, 0.2) is 4.80 Å². The first-order valence-corrected chi connectivity index (χ1v) is 13.2. The quantitative estimate of drug-likeness (QED) is 0.348. The number of ether oxygens (including phenoxy) is 2. The van der Waals surface area contributed by atoms with Gasteiger partial charge in [0.05, 0.1) is 35.6 Å². The Morgan fingerprint density at radius 1 is 1.16 bits per heavy atom. The lowest BCUT2D eigenvalue weighted by molar-refractivity contribution is -0.139. The minimum atomic E-state index is -0.665. The summed E-state index contributed by atoms with van der Waals surface area (Å²) in [6, 6.07) is 14.9. The van der Waals surface area contributed by atoms with E-state index in [1.54, 1.807) is 18.6 Å². The van der Waals surface area contributed by atoms with Crippen LogP contribution in [0.2, 0.25) is 0 Å². The number of methoxy groups -OCH3 is 1. The van der Waals surface area contributed by atoms with Gasteiger partial charge in [-0.3, -0.25) is 9.36 Å². The number of hydrogen-bond acceptors (Lipinski definition) is 6. The Kier molecular flexibility index (Phi) is 6.84. The summed E-state index contributed by atoms with van der Waals surface area (Å²) in [6.45, 7) is 4.05. The Morgan fingerprint density at radius 3 is 2.73 bits per heavy atom. The van der Waals surface area contributed by atoms with E-state index in [0.717, 1.165) is 28.5 Å². The molecule has 7 nitrogen and oxygen atoms in total. The molecular weight excluding hydrogens is 486 g/mol. The van der Waals surface area contributed by atoms with Crippen molar-refractivity contribution in [2.24, 2.45) is 12.0 Å². The minimum absolute atomic E-state index is 0.193. The lowest BCUT2D eigenvalue weighted by Gasteiger charge is -2.26. The zero-order chi connectivity index (χ0) is 26.1. The number of allylic oxidation sites excluding steroid dienone is 1. The molecule has 0 saturated carbocycles. The molecule has 0 bridgehead atoms. The summed E-state index contributed by atoms with van der Waals surface area (Å²) in [7, 11) is 3.59. The summed E-state index contributed by atoms with van der Waals surface area (Å²) in [4.78, 5) is 32.7. The molecule has 4 aromatic rings. The number of esters is 1. The average molecular weight is 516 g/mol. The first-order valence-electron chi connectivity index (χ1n) is 12.4. The molecule has 0 N–H and O–H groups in total. The highest BCUT2D eigenvalue weighted by Gasteiger charge is 2.34. The molecule has 190 valence electrons. The number of fused-ring (bicyclic) bond motifs is 2. The molecule has 1 aliphatic heterocycles. The van der Waals surface area contributed by atoms with E-state index < -0.39 is 12.0 Å². The van der Waals surface area contributed by atoms with E-state index in [2.05, 4.69) is 16.7 Å². The molecule has 2 aromatic heterocycles. The normalized spacial score (nSPS) is 15.6. The van der Waals surface area contributed by atoms with Crippen molar-refractivity contribution in [2.75, 3.05) is 13.7 Å². The monoisotopic (exact) mass is 515 g/mol. The molecule has 2 aromatic carbocycles. The van der Waals surface area contributed by atoms with Crippen LogP contribution in [0.3, 0.4) is 0 Å². The van der Waals surface area contributed by atoms with E-state index in [1.807, 2.05) is 62.6 Å². The molecule has 0 saturated heterocycles. The lowest BCUT2D eigenvalue weighted by atomic mass is 9.94. The Hall–Kier alpha value is -3.91. The number of rotatable bonds is 7. The summed E-state index contributed by atoms with van der Waals surface area (Å²) < 4.78 is 15.2. The summed E-state index contributed by atoms with van der Waals surface area (Å²) in [6.07, 6.45) is 5.34. The largest absolute Gasteiger partial charge is 0.497 e. The van der Waals surface area contributed by atoms with Gasteiger partial charge in [0.2, 0.25) is 0 Å². The molecule has 1 aliphatic rings. The van der Waals surface area contributed by atoms with Gasteiger partial charge in [-0.15, -0.1) is 0 Å². The van der Waals surface area contributed by atoms with E-state index in [0.29, 0.717) is 32.8 Å². The number of nitrogens with zero attached hydrogens (tertiary/aromatic N) is 3. The summed E-state index contributed by atoms with van der Waals surface area (Å²) in [5.74, 6) is 0.193. The fourth-order valence-corrected chi connectivity index (χ4v) is 5.89. The van der Waals surface area contributed by atoms with Crippen molar-refractivity contribution in [1.82, 2.24) is 9.13 Å². The van der Waals surface area contributed by atoms with Crippen LogP contribution < -0.4 is 19.6 Å². The average Bonchev–Trinajstić information content (AvgIpc) is 3.39. The SMILES string of the molecule is CCCC1=C(C(=O)OCC)C(c2cccc(OC)c2)n2c(s/c(=C/c3cn(C)c4ccccc34)c2=O)=N1. The second kappa shape index (κ2) is 10.2. The van der Waals surface area contributed by atoms with Crippen molar-refractivity contribution < 1.29 is 14.3 Å². The molecule has 0 spiro atoms. The zero-order valence-electron chi connectivity index (χ0n) is 21.4. The molecule has 0 amide bonds. The molecule has 8 heteroatoms. The first-order chi connectivity index (χ1) is 18.0. The van der Waals surface area contributed by atoms with Gasteiger partial charge in [-0.2, -0.15) is 0 Å². The fourth-order valence-electron chi connectivity index (χ4n) is 4.88. The Balaban J connectivity index is 1.78. The molecular formula is C29H29N3O4S. The Bertz CT molecular complexity index is 1710. The number of aromatic nitrogens is 2. The number of carbonyl (C=O) groups excluding carboxylic acids is 1. The van der Waals surface area contributed by atoms with Crippen molar-refractivity contribution in [3.8, 4) is 5.75 Å². The van der Waals surface area contributed by atoms with E-state index in [-0.39, 0.29) is 12.2 Å². The minimum Gasteiger partial charge on any atom is -0.497 e. The third-order valence-corrected chi connectivity index (χ3v) is 7.50. The van der Waals surface area contributed by atoms with Crippen LogP contribution in [0, 0.1) is 0 Å². The topological polar surface area (TPSA) is 74.8 Å². The molecule has 1 unspecified atom stereocenters. The number of thiazole rings is 1. The maximum Gasteiger partial charge on any atom is 0.338 e. The van der Waals surface area contributed by atoms with Crippen molar-refractivity contribution >= 4 is 34.3 Å². The third-order valence-electron chi connectivity index (χ3n) is 6.52. The van der Waals surface area contributed by atoms with Gasteiger partial charge >= 0.3 is 5.97 Å². The van der Waals surface area contributed by atoms with Crippen LogP contribution in [0.15, 0.2) is 75.8 Å². The van der Waals surface area contributed by atoms with Crippen LogP contribution in [0.4, 0.5) is 0 Å². The lowest BCUT2D eigenvalue weighted by Crippen LogP contribution is -2.40. The van der Waals surface area contributed by atoms with Crippen LogP contribution in [0.5, 0.6) is 5.75 Å². The van der Waals surface area contributed by atoms with Crippen LogP contribution >= 0.6 is 11.3 Å². The highest BCUT2D eigenvalue weighted by atomic mass is 32.1. The Morgan fingerprint density at radius 2 is 1.97 bits per heavy atom. The highest BCUT2D eigenvalue weighted by molar-refractivity contribution is 7.07. The molecule has 37 heavy (non-hydrogen) atoms. The molecule has 0 aliphatic carbocycles. The summed E-state index contributed by atoms with van der Waals surface area (Å²) in [5.41, 5.74) is 3.68. The maximum absolute atomic E-state index is 14.0. The molecule has 0 fully saturated rings. The van der Waals surface area contributed by atoms with Gasteiger partial charge in [-0.05, 0) is 43.2 Å². The number of carbonyl (C=O) groups is 1. The molecule has 5 rings (SSSR count). The number of aryl methyl sites for hydroxylation is 1. The smallest absolute Gasteiger partial charge is 0.338 e. The zero-order valence-corrected chi connectivity index (χ0v) is 22.2. The second-order valence-corrected chi connectivity index (χ2v) is 9.91. The van der Waals surface area contributed by atoms with E-state index in [4.69, 9.17) is 14.5 Å². The predicted molar refractivity (Wildman–Crippen MR) is 146 cm³/mol. The van der Waals surface area contributed by atoms with Crippen LogP contribution in [0.25, 0.3) is 17.0 Å². The van der Waals surface area contributed by atoms with Gasteiger partial charge in [-0.1, -0.05) is 55.0 Å². The van der Waals surface area contributed by atoms with E-state index in [1.165, 1.54) is 11.3 Å². The van der Waals surface area contributed by atoms with E-state index >= 15 is 0 Å². The highest BCUT2D eigenvalue weighted by Crippen LogP contribution is 2.34. The van der Waals surface area contributed by atoms with E-state index in [9.17, 15) is 9.59 Å². The van der Waals surface area contributed by atoms with Gasteiger partial charge in [-0.25, -0.2) is 9.79 Å². The number of para-hydroxylation sites is 1. The number of benzene rings is 2. The first kappa shape index (κ1) is 24.8.